The van der Waals surface area contributed by atoms with Crippen LogP contribution in [0.4, 0.5) is 0 Å². The SMILES string of the molecule is COc1ccc(C)cc1/C=C/C(=O)N1CCN(CCOc2ccccc2)CC1. The molecule has 28 heavy (non-hydrogen) atoms. The first-order valence-corrected chi connectivity index (χ1v) is 9.67. The number of benzene rings is 2. The Hall–Kier alpha value is -2.79. The topological polar surface area (TPSA) is 42.0 Å². The van der Waals surface area contributed by atoms with E-state index in [0.717, 1.165) is 55.3 Å². The van der Waals surface area contributed by atoms with E-state index in [9.17, 15) is 4.79 Å². The van der Waals surface area contributed by atoms with E-state index >= 15 is 0 Å². The maximum atomic E-state index is 12.5. The van der Waals surface area contributed by atoms with Gasteiger partial charge in [-0.15, -0.1) is 0 Å². The first-order valence-electron chi connectivity index (χ1n) is 9.67. The highest BCUT2D eigenvalue weighted by Crippen LogP contribution is 2.21. The number of carbonyl (C=O) groups excluding carboxylic acids is 1. The minimum atomic E-state index is 0.0451. The number of hydrogen-bond donors (Lipinski definition) is 0. The molecule has 1 amide bonds. The van der Waals surface area contributed by atoms with Crippen LogP contribution in [0.15, 0.2) is 54.6 Å². The highest BCUT2D eigenvalue weighted by molar-refractivity contribution is 5.92. The Balaban J connectivity index is 1.44. The van der Waals surface area contributed by atoms with Crippen LogP contribution in [0.3, 0.4) is 0 Å². The number of hydrogen-bond acceptors (Lipinski definition) is 4. The van der Waals surface area contributed by atoms with Crippen molar-refractivity contribution in [1.29, 1.82) is 0 Å². The van der Waals surface area contributed by atoms with E-state index < -0.39 is 0 Å². The second-order valence-corrected chi connectivity index (χ2v) is 6.91. The van der Waals surface area contributed by atoms with Crippen LogP contribution in [0.25, 0.3) is 6.08 Å². The second kappa shape index (κ2) is 9.95. The third-order valence-electron chi connectivity index (χ3n) is 4.89. The van der Waals surface area contributed by atoms with Crippen LogP contribution >= 0.6 is 0 Å². The first-order chi connectivity index (χ1) is 13.7. The summed E-state index contributed by atoms with van der Waals surface area (Å²) in [6.07, 6.45) is 3.49. The lowest BCUT2D eigenvalue weighted by Gasteiger charge is -2.34. The maximum absolute atomic E-state index is 12.5. The van der Waals surface area contributed by atoms with Crippen molar-refractivity contribution in [2.24, 2.45) is 0 Å². The standard InChI is InChI=1S/C23H28N2O3/c1-19-8-10-22(27-2)20(18-19)9-11-23(26)25-14-12-24(13-15-25)16-17-28-21-6-4-3-5-7-21/h3-11,18H,12-17H2,1-2H3/b11-9+. The molecule has 1 heterocycles. The number of nitrogens with zero attached hydrogens (tertiary/aromatic N) is 2. The van der Waals surface area contributed by atoms with E-state index in [4.69, 9.17) is 9.47 Å². The van der Waals surface area contributed by atoms with Gasteiger partial charge >= 0.3 is 0 Å². The zero-order chi connectivity index (χ0) is 19.8. The fraction of sp³-hybridized carbons (Fsp3) is 0.348. The molecular formula is C23H28N2O3. The summed E-state index contributed by atoms with van der Waals surface area (Å²) >= 11 is 0. The molecule has 0 bridgehead atoms. The molecule has 3 rings (SSSR count). The molecule has 0 aliphatic carbocycles. The van der Waals surface area contributed by atoms with Crippen molar-refractivity contribution in [3.05, 3.63) is 65.7 Å². The Morgan fingerprint density at radius 3 is 2.54 bits per heavy atom. The van der Waals surface area contributed by atoms with Crippen molar-refractivity contribution >= 4 is 12.0 Å². The molecule has 5 nitrogen and oxygen atoms in total. The molecule has 1 aliphatic rings. The lowest BCUT2D eigenvalue weighted by atomic mass is 10.1. The van der Waals surface area contributed by atoms with Gasteiger partial charge in [-0.1, -0.05) is 29.8 Å². The van der Waals surface area contributed by atoms with Gasteiger partial charge in [0.15, 0.2) is 0 Å². The summed E-state index contributed by atoms with van der Waals surface area (Å²) in [6, 6.07) is 15.8. The quantitative estimate of drug-likeness (QED) is 0.692. The van der Waals surface area contributed by atoms with Gasteiger partial charge in [0.25, 0.3) is 0 Å². The summed E-state index contributed by atoms with van der Waals surface area (Å²) in [6.45, 7) is 6.76. The molecule has 148 valence electrons. The van der Waals surface area contributed by atoms with E-state index in [2.05, 4.69) is 4.90 Å². The summed E-state index contributed by atoms with van der Waals surface area (Å²) in [5.74, 6) is 1.72. The molecule has 1 fully saturated rings. The average molecular weight is 380 g/mol. The smallest absolute Gasteiger partial charge is 0.246 e. The zero-order valence-corrected chi connectivity index (χ0v) is 16.6. The van der Waals surface area contributed by atoms with Crippen molar-refractivity contribution in [3.8, 4) is 11.5 Å². The molecule has 0 atom stereocenters. The molecule has 0 spiro atoms. The van der Waals surface area contributed by atoms with Crippen LogP contribution in [0, 0.1) is 6.92 Å². The van der Waals surface area contributed by atoms with Crippen LogP contribution in [-0.4, -0.2) is 62.1 Å². The van der Waals surface area contributed by atoms with Gasteiger partial charge in [0.2, 0.25) is 5.91 Å². The predicted molar refractivity (Wildman–Crippen MR) is 112 cm³/mol. The van der Waals surface area contributed by atoms with Gasteiger partial charge in [0.1, 0.15) is 18.1 Å². The number of methoxy groups -OCH3 is 1. The molecule has 0 aromatic heterocycles. The maximum Gasteiger partial charge on any atom is 0.246 e. The zero-order valence-electron chi connectivity index (χ0n) is 16.6. The normalized spacial score (nSPS) is 15.0. The van der Waals surface area contributed by atoms with E-state index in [1.807, 2.05) is 66.4 Å². The van der Waals surface area contributed by atoms with Crippen LogP contribution in [0.2, 0.25) is 0 Å². The monoisotopic (exact) mass is 380 g/mol. The number of amides is 1. The Kier molecular flexibility index (Phi) is 7.09. The van der Waals surface area contributed by atoms with Gasteiger partial charge in [-0.25, -0.2) is 0 Å². The lowest BCUT2D eigenvalue weighted by Crippen LogP contribution is -2.49. The summed E-state index contributed by atoms with van der Waals surface area (Å²) < 4.78 is 11.1. The summed E-state index contributed by atoms with van der Waals surface area (Å²) in [4.78, 5) is 16.7. The Labute approximate surface area is 167 Å². The van der Waals surface area contributed by atoms with Gasteiger partial charge in [0, 0.05) is 44.4 Å². The van der Waals surface area contributed by atoms with Crippen LogP contribution in [-0.2, 0) is 4.79 Å². The number of piperazine rings is 1. The van der Waals surface area contributed by atoms with Gasteiger partial charge < -0.3 is 14.4 Å². The largest absolute Gasteiger partial charge is 0.496 e. The van der Waals surface area contributed by atoms with Gasteiger partial charge in [-0.2, -0.15) is 0 Å². The third-order valence-corrected chi connectivity index (χ3v) is 4.89. The summed E-state index contributed by atoms with van der Waals surface area (Å²) in [7, 11) is 1.64. The first kappa shape index (κ1) is 20.0. The molecule has 2 aromatic rings. The van der Waals surface area contributed by atoms with Crippen molar-refractivity contribution in [1.82, 2.24) is 9.80 Å². The lowest BCUT2D eigenvalue weighted by molar-refractivity contribution is -0.127. The molecular weight excluding hydrogens is 352 g/mol. The molecule has 0 unspecified atom stereocenters. The summed E-state index contributed by atoms with van der Waals surface area (Å²) in [5, 5.41) is 0. The van der Waals surface area contributed by atoms with Crippen molar-refractivity contribution in [2.45, 2.75) is 6.92 Å². The summed E-state index contributed by atoms with van der Waals surface area (Å²) in [5.41, 5.74) is 2.06. The van der Waals surface area contributed by atoms with E-state index in [0.29, 0.717) is 6.61 Å². The number of para-hydroxylation sites is 1. The Morgan fingerprint density at radius 1 is 1.07 bits per heavy atom. The Morgan fingerprint density at radius 2 is 1.82 bits per heavy atom. The number of ether oxygens (including phenoxy) is 2. The number of rotatable bonds is 7. The van der Waals surface area contributed by atoms with Crippen LogP contribution in [0.1, 0.15) is 11.1 Å². The molecule has 0 radical (unpaired) electrons. The second-order valence-electron chi connectivity index (χ2n) is 6.91. The molecule has 0 N–H and O–H groups in total. The molecule has 5 heteroatoms. The highest BCUT2D eigenvalue weighted by atomic mass is 16.5. The molecule has 1 aliphatic heterocycles. The van der Waals surface area contributed by atoms with Crippen LogP contribution in [0.5, 0.6) is 11.5 Å². The third kappa shape index (κ3) is 5.60. The Bertz CT molecular complexity index is 797. The molecule has 1 saturated heterocycles. The molecule has 2 aromatic carbocycles. The fourth-order valence-corrected chi connectivity index (χ4v) is 3.25. The minimum absolute atomic E-state index is 0.0451. The predicted octanol–water partition coefficient (Wildman–Crippen LogP) is 3.24. The average Bonchev–Trinajstić information content (AvgIpc) is 2.73. The highest BCUT2D eigenvalue weighted by Gasteiger charge is 2.19. The van der Waals surface area contributed by atoms with Crippen molar-refractivity contribution in [2.75, 3.05) is 46.4 Å². The van der Waals surface area contributed by atoms with Crippen molar-refractivity contribution in [3.63, 3.8) is 0 Å². The van der Waals surface area contributed by atoms with Crippen molar-refractivity contribution < 1.29 is 14.3 Å². The van der Waals surface area contributed by atoms with E-state index in [1.54, 1.807) is 13.2 Å². The minimum Gasteiger partial charge on any atom is -0.496 e. The fourth-order valence-electron chi connectivity index (χ4n) is 3.25. The van der Waals surface area contributed by atoms with Gasteiger partial charge in [-0.3, -0.25) is 9.69 Å². The molecule has 0 saturated carbocycles. The van der Waals surface area contributed by atoms with Gasteiger partial charge in [0.05, 0.1) is 7.11 Å². The van der Waals surface area contributed by atoms with E-state index in [-0.39, 0.29) is 5.91 Å². The number of carbonyl (C=O) groups is 1. The van der Waals surface area contributed by atoms with E-state index in [1.165, 1.54) is 0 Å². The van der Waals surface area contributed by atoms with Gasteiger partial charge in [-0.05, 0) is 37.3 Å². The number of aryl methyl sites for hydroxylation is 1. The van der Waals surface area contributed by atoms with Crippen LogP contribution < -0.4 is 9.47 Å².